The first-order valence-corrected chi connectivity index (χ1v) is 8.73. The van der Waals surface area contributed by atoms with Crippen LogP contribution in [0.3, 0.4) is 0 Å². The van der Waals surface area contributed by atoms with Crippen molar-refractivity contribution in [2.24, 2.45) is 0 Å². The zero-order valence-electron chi connectivity index (χ0n) is 13.2. The second-order valence-corrected chi connectivity index (χ2v) is 6.63. The Bertz CT molecular complexity index is 754. The molecule has 4 nitrogen and oxygen atoms in total. The van der Waals surface area contributed by atoms with E-state index in [2.05, 4.69) is 11.1 Å². The normalized spacial score (nSPS) is 17.4. The molecule has 0 spiro atoms. The van der Waals surface area contributed by atoms with Crippen LogP contribution in [0.25, 0.3) is 0 Å². The molecule has 1 unspecified atom stereocenters. The van der Waals surface area contributed by atoms with Crippen LogP contribution in [0.15, 0.2) is 29.8 Å². The highest BCUT2D eigenvalue weighted by Crippen LogP contribution is 2.34. The summed E-state index contributed by atoms with van der Waals surface area (Å²) in [6.45, 7) is 1.08. The molecule has 3 rings (SSSR count). The molecule has 1 atom stereocenters. The molecule has 25 heavy (non-hydrogen) atoms. The van der Waals surface area contributed by atoms with E-state index >= 15 is 0 Å². The van der Waals surface area contributed by atoms with E-state index in [0.29, 0.717) is 36.6 Å². The largest absolute Gasteiger partial charge is 0.490 e. The zero-order chi connectivity index (χ0) is 17.8. The van der Waals surface area contributed by atoms with Crippen LogP contribution in [0.2, 0.25) is 0 Å². The lowest BCUT2D eigenvalue weighted by atomic mass is 10.0. The number of alkyl halides is 2. The third-order valence-corrected chi connectivity index (χ3v) is 5.04. The topological polar surface area (TPSA) is 49.2 Å². The molecular weight excluding hydrogens is 351 g/mol. The summed E-state index contributed by atoms with van der Waals surface area (Å²) in [6.07, 6.45) is -1.51. The number of hydrogen-bond donors (Lipinski definition) is 0. The van der Waals surface area contributed by atoms with Crippen molar-refractivity contribution < 1.29 is 17.9 Å². The fourth-order valence-electron chi connectivity index (χ4n) is 2.92. The Labute approximate surface area is 147 Å². The van der Waals surface area contributed by atoms with Gasteiger partial charge in [0.15, 0.2) is 0 Å². The number of ether oxygens (including phenoxy) is 1. The minimum Gasteiger partial charge on any atom is -0.490 e. The SMILES string of the molecule is N#CC(c1scnc1C(F)F)N1CCC(Oc2cccc(F)c2)CC1. The molecule has 0 N–H and O–H groups in total. The van der Waals surface area contributed by atoms with Crippen molar-refractivity contribution >= 4 is 11.3 Å². The van der Waals surface area contributed by atoms with Crippen LogP contribution in [-0.2, 0) is 0 Å². The highest BCUT2D eigenvalue weighted by molar-refractivity contribution is 7.09. The van der Waals surface area contributed by atoms with Gasteiger partial charge in [-0.15, -0.1) is 11.3 Å². The molecule has 2 heterocycles. The molecule has 8 heteroatoms. The van der Waals surface area contributed by atoms with Gasteiger partial charge in [-0.1, -0.05) is 6.07 Å². The lowest BCUT2D eigenvalue weighted by Crippen LogP contribution is -2.40. The van der Waals surface area contributed by atoms with E-state index in [9.17, 15) is 18.4 Å². The highest BCUT2D eigenvalue weighted by Gasteiger charge is 2.31. The molecule has 0 aliphatic carbocycles. The molecule has 1 fully saturated rings. The number of halogens is 3. The van der Waals surface area contributed by atoms with E-state index < -0.39 is 12.5 Å². The number of rotatable bonds is 5. The number of thiazole rings is 1. The molecule has 1 aliphatic rings. The van der Waals surface area contributed by atoms with Crippen LogP contribution in [0, 0.1) is 17.1 Å². The standard InChI is InChI=1S/C17H16F3N3OS/c18-11-2-1-3-13(8-11)24-12-4-6-23(7-5-12)14(9-21)16-15(17(19)20)22-10-25-16/h1-3,8,10,12,14,17H,4-7H2. The van der Waals surface area contributed by atoms with E-state index in [0.717, 1.165) is 11.3 Å². The summed E-state index contributed by atoms with van der Waals surface area (Å²) in [7, 11) is 0. The molecular formula is C17H16F3N3OS. The molecule has 0 bridgehead atoms. The van der Waals surface area contributed by atoms with Crippen molar-refractivity contribution in [3.8, 4) is 11.8 Å². The van der Waals surface area contributed by atoms with Gasteiger partial charge < -0.3 is 4.74 Å². The Kier molecular flexibility index (Phi) is 5.56. The van der Waals surface area contributed by atoms with Gasteiger partial charge in [0.05, 0.1) is 16.5 Å². The number of benzene rings is 1. The van der Waals surface area contributed by atoms with Crippen LogP contribution in [0.4, 0.5) is 13.2 Å². The average Bonchev–Trinajstić information content (AvgIpc) is 3.07. The predicted octanol–water partition coefficient (Wildman–Crippen LogP) is 4.33. The van der Waals surface area contributed by atoms with Crippen molar-refractivity contribution in [3.05, 3.63) is 46.2 Å². The van der Waals surface area contributed by atoms with Gasteiger partial charge in [-0.2, -0.15) is 5.26 Å². The Balaban J connectivity index is 1.63. The van der Waals surface area contributed by atoms with E-state index in [1.165, 1.54) is 17.6 Å². The molecule has 0 saturated carbocycles. The van der Waals surface area contributed by atoms with Gasteiger partial charge in [-0.05, 0) is 25.0 Å². The molecule has 0 amide bonds. The lowest BCUT2D eigenvalue weighted by Gasteiger charge is -2.34. The van der Waals surface area contributed by atoms with Crippen molar-refractivity contribution in [3.63, 3.8) is 0 Å². The number of likely N-dealkylation sites (tertiary alicyclic amines) is 1. The second-order valence-electron chi connectivity index (χ2n) is 5.74. The first kappa shape index (κ1) is 17.7. The van der Waals surface area contributed by atoms with Crippen LogP contribution in [0.5, 0.6) is 5.75 Å². The Morgan fingerprint density at radius 1 is 1.32 bits per heavy atom. The fourth-order valence-corrected chi connectivity index (χ4v) is 3.80. The highest BCUT2D eigenvalue weighted by atomic mass is 32.1. The fraction of sp³-hybridized carbons (Fsp3) is 0.412. The molecule has 1 saturated heterocycles. The summed E-state index contributed by atoms with van der Waals surface area (Å²) in [4.78, 5) is 5.86. The van der Waals surface area contributed by atoms with Crippen LogP contribution in [0.1, 0.15) is 35.9 Å². The molecule has 1 aliphatic heterocycles. The second kappa shape index (κ2) is 7.85. The summed E-state index contributed by atoms with van der Waals surface area (Å²) >= 11 is 1.08. The smallest absolute Gasteiger partial charge is 0.281 e. The first-order valence-electron chi connectivity index (χ1n) is 7.86. The van der Waals surface area contributed by atoms with Crippen molar-refractivity contribution in [2.45, 2.75) is 31.4 Å². The maximum Gasteiger partial charge on any atom is 0.281 e. The first-order chi connectivity index (χ1) is 12.1. The number of nitriles is 1. The minimum absolute atomic E-state index is 0.0894. The summed E-state index contributed by atoms with van der Waals surface area (Å²) in [5, 5.41) is 9.46. The molecule has 2 aromatic rings. The Hall–Kier alpha value is -2.11. The van der Waals surface area contributed by atoms with Crippen molar-refractivity contribution in [1.29, 1.82) is 5.26 Å². The van der Waals surface area contributed by atoms with Crippen molar-refractivity contribution in [2.75, 3.05) is 13.1 Å². The van der Waals surface area contributed by atoms with E-state index in [1.54, 1.807) is 12.1 Å². The van der Waals surface area contributed by atoms with Crippen molar-refractivity contribution in [1.82, 2.24) is 9.88 Å². The van der Waals surface area contributed by atoms with Gasteiger partial charge in [0.25, 0.3) is 6.43 Å². The summed E-state index contributed by atoms with van der Waals surface area (Å²) in [5.74, 6) is 0.113. The third-order valence-electron chi connectivity index (χ3n) is 4.14. The monoisotopic (exact) mass is 367 g/mol. The number of hydrogen-bond acceptors (Lipinski definition) is 5. The molecule has 132 valence electrons. The molecule has 1 aromatic carbocycles. The third kappa shape index (κ3) is 4.11. The maximum atomic E-state index is 13.2. The molecule has 1 aromatic heterocycles. The van der Waals surface area contributed by atoms with Gasteiger partial charge in [0, 0.05) is 19.2 Å². The van der Waals surface area contributed by atoms with E-state index in [-0.39, 0.29) is 17.6 Å². The van der Waals surface area contributed by atoms with Gasteiger partial charge in [-0.3, -0.25) is 4.90 Å². The predicted molar refractivity (Wildman–Crippen MR) is 87.0 cm³/mol. The van der Waals surface area contributed by atoms with E-state index in [4.69, 9.17) is 4.74 Å². The number of piperidine rings is 1. The summed E-state index contributed by atoms with van der Waals surface area (Å²) in [6, 6.07) is 7.34. The Morgan fingerprint density at radius 3 is 2.72 bits per heavy atom. The Morgan fingerprint density at radius 2 is 2.08 bits per heavy atom. The van der Waals surface area contributed by atoms with Crippen LogP contribution < -0.4 is 4.74 Å². The summed E-state index contributed by atoms with van der Waals surface area (Å²) < 4.78 is 45.0. The van der Waals surface area contributed by atoms with Gasteiger partial charge in [0.1, 0.15) is 29.4 Å². The van der Waals surface area contributed by atoms with Crippen LogP contribution in [-0.4, -0.2) is 29.1 Å². The maximum absolute atomic E-state index is 13.2. The lowest BCUT2D eigenvalue weighted by molar-refractivity contribution is 0.0864. The van der Waals surface area contributed by atoms with Crippen LogP contribution >= 0.6 is 11.3 Å². The van der Waals surface area contributed by atoms with Gasteiger partial charge >= 0.3 is 0 Å². The minimum atomic E-state index is -2.69. The number of nitrogens with zero attached hydrogens (tertiary/aromatic N) is 3. The summed E-state index contributed by atoms with van der Waals surface area (Å²) in [5.41, 5.74) is 1.04. The van der Waals surface area contributed by atoms with E-state index in [1.807, 2.05) is 4.90 Å². The van der Waals surface area contributed by atoms with Gasteiger partial charge in [0.2, 0.25) is 0 Å². The van der Waals surface area contributed by atoms with Gasteiger partial charge in [-0.25, -0.2) is 18.2 Å². The molecule has 0 radical (unpaired) electrons. The number of aromatic nitrogens is 1. The quantitative estimate of drug-likeness (QED) is 0.789. The zero-order valence-corrected chi connectivity index (χ0v) is 14.1. The average molecular weight is 367 g/mol.